The minimum Gasteiger partial charge on any atom is -0.264 e. The lowest BCUT2D eigenvalue weighted by Crippen LogP contribution is -2.31. The maximum absolute atomic E-state index is 6.84. The summed E-state index contributed by atoms with van der Waals surface area (Å²) in [6.45, 7) is 20.8. The minimum absolute atomic E-state index is 0.126. The third-order valence-corrected chi connectivity index (χ3v) is 9.33. The second-order valence-electron chi connectivity index (χ2n) is 16.0. The van der Waals surface area contributed by atoms with Gasteiger partial charge in [0, 0.05) is 20.7 Å². The van der Waals surface area contributed by atoms with Gasteiger partial charge in [-0.2, -0.15) is 0 Å². The Morgan fingerprint density at radius 2 is 1.38 bits per heavy atom. The van der Waals surface area contributed by atoms with Crippen LogP contribution in [0, 0.1) is 16.2 Å². The fraction of sp³-hybridized carbons (Fsp3) is 0.395. The van der Waals surface area contributed by atoms with Crippen molar-refractivity contribution in [2.75, 3.05) is 0 Å². The van der Waals surface area contributed by atoms with Crippen molar-refractivity contribution in [3.05, 3.63) is 65.2 Å². The second-order valence-corrected chi connectivity index (χ2v) is 17.1. The molecule has 0 aliphatic carbocycles. The highest BCUT2D eigenvalue weighted by Gasteiger charge is 2.29. The second kappa shape index (κ2) is 9.91. The van der Waals surface area contributed by atoms with Crippen LogP contribution in [0.15, 0.2) is 58.3 Å². The van der Waals surface area contributed by atoms with Crippen molar-refractivity contribution in [2.45, 2.75) is 91.4 Å². The van der Waals surface area contributed by atoms with Gasteiger partial charge in [0.05, 0.1) is 5.69 Å². The summed E-state index contributed by atoms with van der Waals surface area (Å²) in [6, 6.07) is 18.4. The molecule has 1 aliphatic heterocycles. The van der Waals surface area contributed by atoms with Gasteiger partial charge in [-0.25, -0.2) is 0 Å². The van der Waals surface area contributed by atoms with Gasteiger partial charge in [0.1, 0.15) is 15.7 Å². The average Bonchev–Trinajstić information content (AvgIpc) is 2.84. The number of pyridine rings is 1. The van der Waals surface area contributed by atoms with Crippen LogP contribution in [-0.4, -0.2) is 20.7 Å². The molecule has 2 heterocycles. The molecule has 0 spiro atoms. The largest absolute Gasteiger partial charge is 0.264 e. The van der Waals surface area contributed by atoms with Gasteiger partial charge < -0.3 is 0 Å². The van der Waals surface area contributed by atoms with Crippen LogP contribution >= 0.6 is 11.8 Å². The summed E-state index contributed by atoms with van der Waals surface area (Å²) < 4.78 is 0. The number of hydrogen-bond donors (Lipinski definition) is 0. The van der Waals surface area contributed by atoms with E-state index in [1.54, 1.807) is 0 Å². The number of aromatic nitrogens is 1. The molecule has 0 saturated carbocycles. The topological polar surface area (TPSA) is 12.9 Å². The fourth-order valence-corrected chi connectivity index (χ4v) is 7.99. The van der Waals surface area contributed by atoms with Crippen LogP contribution in [0.3, 0.4) is 0 Å². The van der Waals surface area contributed by atoms with E-state index in [0.717, 1.165) is 35.7 Å². The first-order valence-electron chi connectivity index (χ1n) is 15.2. The summed E-state index contributed by atoms with van der Waals surface area (Å²) in [7, 11) is 13.5. The molecular weight excluding hydrogens is 524 g/mol. The fourth-order valence-electron chi connectivity index (χ4n) is 6.71. The van der Waals surface area contributed by atoms with Crippen LogP contribution < -0.4 is 11.1 Å². The zero-order chi connectivity index (χ0) is 30.4. The van der Waals surface area contributed by atoms with Gasteiger partial charge in [0.15, 0.2) is 0 Å². The molecule has 0 N–H and O–H groups in total. The monoisotopic (exact) mass is 565 g/mol. The van der Waals surface area contributed by atoms with E-state index in [-0.39, 0.29) is 16.2 Å². The Hall–Kier alpha value is -2.71. The zero-order valence-corrected chi connectivity index (χ0v) is 27.6. The van der Waals surface area contributed by atoms with Crippen molar-refractivity contribution in [1.82, 2.24) is 4.98 Å². The van der Waals surface area contributed by atoms with Gasteiger partial charge in [-0.1, -0.05) is 116 Å². The van der Waals surface area contributed by atoms with Crippen LogP contribution in [0.1, 0.15) is 79.0 Å². The summed E-state index contributed by atoms with van der Waals surface area (Å²) in [4.78, 5) is 7.57. The smallest absolute Gasteiger partial charge is 0.140 e. The molecular formula is C38H41B2NS. The summed E-state index contributed by atoms with van der Waals surface area (Å²) in [5.41, 5.74) is 7.71. The van der Waals surface area contributed by atoms with Crippen molar-refractivity contribution >= 4 is 70.8 Å². The van der Waals surface area contributed by atoms with Crippen molar-refractivity contribution in [3.63, 3.8) is 0 Å². The first-order chi connectivity index (χ1) is 19.5. The number of nitrogens with zero attached hydrogens (tertiary/aromatic N) is 1. The number of rotatable bonds is 3. The lowest BCUT2D eigenvalue weighted by atomic mass is 9.77. The molecule has 4 heteroatoms. The zero-order valence-electron chi connectivity index (χ0n) is 26.8. The molecule has 0 fully saturated rings. The highest BCUT2D eigenvalue weighted by Crippen LogP contribution is 2.52. The molecule has 0 amide bonds. The molecule has 0 unspecified atom stereocenters. The van der Waals surface area contributed by atoms with E-state index in [2.05, 4.69) is 111 Å². The molecule has 0 bridgehead atoms. The molecule has 0 atom stereocenters. The number of fused-ring (bicyclic) bond motifs is 5. The molecule has 6 rings (SSSR count). The molecule has 4 radical (unpaired) electrons. The Kier molecular flexibility index (Phi) is 6.93. The van der Waals surface area contributed by atoms with E-state index < -0.39 is 0 Å². The SMILES string of the molecule is [B]c1nc2c3c(cc4cccc(CC(C)(C)C)c4c3c1[B])Sc1c-2cc2cc(CC(C)(C)C)ccc2c1CC(C)(C)C. The summed E-state index contributed by atoms with van der Waals surface area (Å²) in [6.07, 6.45) is 2.97. The van der Waals surface area contributed by atoms with Gasteiger partial charge in [-0.15, -0.1) is 0 Å². The van der Waals surface area contributed by atoms with E-state index in [4.69, 9.17) is 20.7 Å². The Morgan fingerprint density at radius 3 is 2.05 bits per heavy atom. The third-order valence-electron chi connectivity index (χ3n) is 8.12. The van der Waals surface area contributed by atoms with Gasteiger partial charge >= 0.3 is 0 Å². The lowest BCUT2D eigenvalue weighted by molar-refractivity contribution is 0.410. The molecule has 42 heavy (non-hydrogen) atoms. The van der Waals surface area contributed by atoms with E-state index in [1.165, 1.54) is 53.6 Å². The van der Waals surface area contributed by atoms with Crippen molar-refractivity contribution < 1.29 is 0 Å². The Balaban J connectivity index is 1.72. The Labute approximate surface area is 259 Å². The standard InChI is InChI=1S/C38H41B2NS/c1-36(2,3)18-21-13-14-25-24(15-21)16-26-33-30-28(42-34(26)27(25)20-38(7,8)9)17-22-11-10-12-23(19-37(4,5)6)29(22)31(30)32(39)35(40)41-33/h10-17H,18-20H2,1-9H3. The van der Waals surface area contributed by atoms with Gasteiger partial charge in [0.2, 0.25) is 0 Å². The lowest BCUT2D eigenvalue weighted by Gasteiger charge is -2.29. The first-order valence-corrected chi connectivity index (χ1v) is 16.0. The van der Waals surface area contributed by atoms with E-state index in [1.807, 2.05) is 11.8 Å². The van der Waals surface area contributed by atoms with E-state index >= 15 is 0 Å². The Bertz CT molecular complexity index is 1900. The summed E-state index contributed by atoms with van der Waals surface area (Å²) in [5, 5.41) is 7.24. The predicted molar refractivity (Wildman–Crippen MR) is 187 cm³/mol. The molecule has 0 saturated heterocycles. The maximum Gasteiger partial charge on any atom is 0.140 e. The number of benzene rings is 4. The summed E-state index contributed by atoms with van der Waals surface area (Å²) in [5.74, 6) is 0. The van der Waals surface area contributed by atoms with Crippen LogP contribution in [0.5, 0.6) is 0 Å². The van der Waals surface area contributed by atoms with Crippen molar-refractivity contribution in [3.8, 4) is 11.3 Å². The third kappa shape index (κ3) is 5.41. The van der Waals surface area contributed by atoms with Crippen LogP contribution in [0.25, 0.3) is 43.6 Å². The van der Waals surface area contributed by atoms with Crippen molar-refractivity contribution in [2.24, 2.45) is 16.2 Å². The molecule has 4 aromatic carbocycles. The van der Waals surface area contributed by atoms with Gasteiger partial charge in [-0.3, -0.25) is 4.98 Å². The van der Waals surface area contributed by atoms with Gasteiger partial charge in [-0.05, 0) is 96.9 Å². The molecule has 1 aliphatic rings. The van der Waals surface area contributed by atoms with Gasteiger partial charge in [0.25, 0.3) is 0 Å². The number of hydrogen-bond acceptors (Lipinski definition) is 2. The normalized spacial score (nSPS) is 13.7. The minimum atomic E-state index is 0.126. The Morgan fingerprint density at radius 1 is 0.690 bits per heavy atom. The predicted octanol–water partition coefficient (Wildman–Crippen LogP) is 9.03. The molecule has 5 aromatic rings. The highest BCUT2D eigenvalue weighted by atomic mass is 32.2. The maximum atomic E-state index is 6.84. The van der Waals surface area contributed by atoms with Crippen molar-refractivity contribution in [1.29, 1.82) is 0 Å². The first kappa shape index (κ1) is 29.4. The molecule has 1 nitrogen and oxygen atoms in total. The van der Waals surface area contributed by atoms with Crippen LogP contribution in [0.4, 0.5) is 0 Å². The highest BCUT2D eigenvalue weighted by molar-refractivity contribution is 8.00. The quantitative estimate of drug-likeness (QED) is 0.157. The molecule has 1 aromatic heterocycles. The van der Waals surface area contributed by atoms with Crippen LogP contribution in [0.2, 0.25) is 0 Å². The van der Waals surface area contributed by atoms with E-state index in [9.17, 15) is 0 Å². The van der Waals surface area contributed by atoms with E-state index in [0.29, 0.717) is 11.1 Å². The summed E-state index contributed by atoms with van der Waals surface area (Å²) >= 11 is 1.88. The van der Waals surface area contributed by atoms with Crippen LogP contribution in [-0.2, 0) is 19.3 Å². The average molecular weight is 565 g/mol. The molecule has 210 valence electrons.